The Hall–Kier alpha value is -2.17. The van der Waals surface area contributed by atoms with E-state index in [0.717, 1.165) is 29.2 Å². The van der Waals surface area contributed by atoms with Crippen molar-refractivity contribution in [3.05, 3.63) is 40.5 Å². The lowest BCUT2D eigenvalue weighted by atomic mass is 10.1. The lowest BCUT2D eigenvalue weighted by Crippen LogP contribution is -1.99. The fourth-order valence-corrected chi connectivity index (χ4v) is 2.24. The Kier molecular flexibility index (Phi) is 3.88. The SMILES string of the molecule is CCn1cc(/C=C/C(=O)c2c(C)nn(C)c2C)c(C)n1. The highest BCUT2D eigenvalue weighted by molar-refractivity contribution is 6.08. The van der Waals surface area contributed by atoms with Gasteiger partial charge < -0.3 is 0 Å². The molecule has 0 spiro atoms. The maximum Gasteiger partial charge on any atom is 0.189 e. The molecule has 0 fully saturated rings. The lowest BCUT2D eigenvalue weighted by Gasteiger charge is -1.96. The molecule has 0 atom stereocenters. The third kappa shape index (κ3) is 2.57. The maximum absolute atomic E-state index is 12.3. The number of rotatable bonds is 4. The van der Waals surface area contributed by atoms with Crippen LogP contribution in [-0.4, -0.2) is 25.3 Å². The van der Waals surface area contributed by atoms with Crippen molar-refractivity contribution in [2.24, 2.45) is 7.05 Å². The van der Waals surface area contributed by atoms with E-state index in [2.05, 4.69) is 10.2 Å². The van der Waals surface area contributed by atoms with Gasteiger partial charge in [-0.2, -0.15) is 10.2 Å². The zero-order chi connectivity index (χ0) is 14.9. The topological polar surface area (TPSA) is 52.7 Å². The first-order chi connectivity index (χ1) is 9.43. The summed E-state index contributed by atoms with van der Waals surface area (Å²) in [4.78, 5) is 12.3. The number of hydrogen-bond acceptors (Lipinski definition) is 3. The molecule has 0 bridgehead atoms. The molecule has 0 aromatic carbocycles. The Bertz CT molecular complexity index is 676. The summed E-state index contributed by atoms with van der Waals surface area (Å²) in [6.07, 6.45) is 5.37. The molecular formula is C15H20N4O. The molecule has 0 saturated carbocycles. The van der Waals surface area contributed by atoms with Crippen LogP contribution in [0.2, 0.25) is 0 Å². The van der Waals surface area contributed by atoms with Gasteiger partial charge in [-0.1, -0.05) is 0 Å². The zero-order valence-corrected chi connectivity index (χ0v) is 12.6. The van der Waals surface area contributed by atoms with Crippen molar-refractivity contribution in [3.8, 4) is 0 Å². The molecule has 2 heterocycles. The molecule has 0 aliphatic carbocycles. The van der Waals surface area contributed by atoms with Crippen LogP contribution in [0.4, 0.5) is 0 Å². The van der Waals surface area contributed by atoms with Gasteiger partial charge in [-0.05, 0) is 39.8 Å². The molecule has 0 aliphatic heterocycles. The Morgan fingerprint density at radius 1 is 1.25 bits per heavy atom. The van der Waals surface area contributed by atoms with Crippen LogP contribution in [0.15, 0.2) is 12.3 Å². The molecule has 0 N–H and O–H groups in total. The van der Waals surface area contributed by atoms with E-state index in [1.54, 1.807) is 10.8 Å². The molecule has 0 aliphatic rings. The summed E-state index contributed by atoms with van der Waals surface area (Å²) >= 11 is 0. The van der Waals surface area contributed by atoms with Crippen molar-refractivity contribution in [3.63, 3.8) is 0 Å². The van der Waals surface area contributed by atoms with Crippen LogP contribution in [-0.2, 0) is 13.6 Å². The summed E-state index contributed by atoms with van der Waals surface area (Å²) in [5.41, 5.74) is 4.23. The summed E-state index contributed by atoms with van der Waals surface area (Å²) in [7, 11) is 1.85. The Morgan fingerprint density at radius 2 is 1.95 bits per heavy atom. The minimum Gasteiger partial charge on any atom is -0.289 e. The van der Waals surface area contributed by atoms with Gasteiger partial charge in [0.15, 0.2) is 5.78 Å². The second-order valence-electron chi connectivity index (χ2n) is 4.89. The third-order valence-electron chi connectivity index (χ3n) is 3.48. The van der Waals surface area contributed by atoms with Gasteiger partial charge in [0.05, 0.1) is 17.0 Å². The first-order valence-electron chi connectivity index (χ1n) is 6.70. The van der Waals surface area contributed by atoms with Crippen molar-refractivity contribution >= 4 is 11.9 Å². The molecule has 2 aromatic heterocycles. The number of carbonyl (C=O) groups is 1. The zero-order valence-electron chi connectivity index (χ0n) is 12.6. The number of carbonyl (C=O) groups excluding carboxylic acids is 1. The predicted molar refractivity (Wildman–Crippen MR) is 78.7 cm³/mol. The lowest BCUT2D eigenvalue weighted by molar-refractivity contribution is 0.104. The standard InChI is InChI=1S/C15H20N4O/c1-6-19-9-13(10(2)17-19)7-8-14(20)15-11(3)16-18(5)12(15)4/h7-9H,6H2,1-5H3/b8-7+. The van der Waals surface area contributed by atoms with Gasteiger partial charge >= 0.3 is 0 Å². The van der Waals surface area contributed by atoms with Crippen LogP contribution in [0.25, 0.3) is 6.08 Å². The van der Waals surface area contributed by atoms with E-state index in [4.69, 9.17) is 0 Å². The first-order valence-corrected chi connectivity index (χ1v) is 6.70. The fraction of sp³-hybridized carbons (Fsp3) is 0.400. The van der Waals surface area contributed by atoms with Crippen LogP contribution in [0.5, 0.6) is 0 Å². The maximum atomic E-state index is 12.3. The van der Waals surface area contributed by atoms with Crippen LogP contribution >= 0.6 is 0 Å². The molecule has 106 valence electrons. The van der Waals surface area contributed by atoms with Crippen LogP contribution in [0, 0.1) is 20.8 Å². The number of hydrogen-bond donors (Lipinski definition) is 0. The summed E-state index contributed by atoms with van der Waals surface area (Å²) in [5, 5.41) is 8.62. The number of allylic oxidation sites excluding steroid dienone is 1. The number of aryl methyl sites for hydroxylation is 4. The largest absolute Gasteiger partial charge is 0.289 e. The number of nitrogens with zero attached hydrogens (tertiary/aromatic N) is 4. The average molecular weight is 272 g/mol. The van der Waals surface area contributed by atoms with Crippen molar-refractivity contribution in [1.29, 1.82) is 0 Å². The van der Waals surface area contributed by atoms with Gasteiger partial charge in [0.1, 0.15) is 0 Å². The van der Waals surface area contributed by atoms with E-state index >= 15 is 0 Å². The molecule has 0 saturated heterocycles. The molecule has 0 amide bonds. The van der Waals surface area contributed by atoms with Crippen molar-refractivity contribution in [2.75, 3.05) is 0 Å². The third-order valence-corrected chi connectivity index (χ3v) is 3.48. The van der Waals surface area contributed by atoms with E-state index in [9.17, 15) is 4.79 Å². The minimum atomic E-state index is -0.0169. The fourth-order valence-electron chi connectivity index (χ4n) is 2.24. The van der Waals surface area contributed by atoms with Crippen LogP contribution < -0.4 is 0 Å². The molecular weight excluding hydrogens is 252 g/mol. The van der Waals surface area contributed by atoms with Gasteiger partial charge in [0, 0.05) is 31.0 Å². The summed E-state index contributed by atoms with van der Waals surface area (Å²) in [6, 6.07) is 0. The Morgan fingerprint density at radius 3 is 2.45 bits per heavy atom. The predicted octanol–water partition coefficient (Wildman–Crippen LogP) is 2.46. The summed E-state index contributed by atoms with van der Waals surface area (Å²) in [5.74, 6) is -0.0169. The normalized spacial score (nSPS) is 11.4. The Balaban J connectivity index is 2.27. The molecule has 0 radical (unpaired) electrons. The first kappa shape index (κ1) is 14.2. The van der Waals surface area contributed by atoms with Crippen LogP contribution in [0.1, 0.15) is 39.9 Å². The van der Waals surface area contributed by atoms with Gasteiger partial charge in [-0.3, -0.25) is 14.2 Å². The Labute approximate surface area is 118 Å². The van der Waals surface area contributed by atoms with E-state index in [-0.39, 0.29) is 5.78 Å². The average Bonchev–Trinajstić information content (AvgIpc) is 2.88. The molecule has 2 aromatic rings. The quantitative estimate of drug-likeness (QED) is 0.634. The molecule has 5 heteroatoms. The highest BCUT2D eigenvalue weighted by atomic mass is 16.1. The van der Waals surface area contributed by atoms with Crippen LogP contribution in [0.3, 0.4) is 0 Å². The van der Waals surface area contributed by atoms with E-state index in [1.165, 1.54) is 0 Å². The van der Waals surface area contributed by atoms with Gasteiger partial charge in [0.25, 0.3) is 0 Å². The summed E-state index contributed by atoms with van der Waals surface area (Å²) in [6.45, 7) is 8.56. The molecule has 0 unspecified atom stereocenters. The molecule has 20 heavy (non-hydrogen) atoms. The minimum absolute atomic E-state index is 0.0169. The molecule has 2 rings (SSSR count). The number of ketones is 1. The molecule has 5 nitrogen and oxygen atoms in total. The summed E-state index contributed by atoms with van der Waals surface area (Å²) < 4.78 is 3.59. The van der Waals surface area contributed by atoms with E-state index in [0.29, 0.717) is 5.56 Å². The van der Waals surface area contributed by atoms with E-state index < -0.39 is 0 Å². The highest BCUT2D eigenvalue weighted by Gasteiger charge is 2.15. The van der Waals surface area contributed by atoms with Gasteiger partial charge in [0.2, 0.25) is 0 Å². The highest BCUT2D eigenvalue weighted by Crippen LogP contribution is 2.15. The van der Waals surface area contributed by atoms with Gasteiger partial charge in [-0.15, -0.1) is 0 Å². The second-order valence-corrected chi connectivity index (χ2v) is 4.89. The van der Waals surface area contributed by atoms with Crippen molar-refractivity contribution in [1.82, 2.24) is 19.6 Å². The smallest absolute Gasteiger partial charge is 0.189 e. The second kappa shape index (κ2) is 5.45. The number of aromatic nitrogens is 4. The van der Waals surface area contributed by atoms with Crippen molar-refractivity contribution < 1.29 is 4.79 Å². The van der Waals surface area contributed by atoms with Gasteiger partial charge in [-0.25, -0.2) is 0 Å². The van der Waals surface area contributed by atoms with Crippen molar-refractivity contribution in [2.45, 2.75) is 34.2 Å². The monoisotopic (exact) mass is 272 g/mol. The van der Waals surface area contributed by atoms with E-state index in [1.807, 2.05) is 51.7 Å².